The molecule has 4 rings (SSSR count). The Bertz CT molecular complexity index is 1120. The second-order valence-electron chi connectivity index (χ2n) is 7.44. The summed E-state index contributed by atoms with van der Waals surface area (Å²) in [5.74, 6) is -0.437. The summed E-state index contributed by atoms with van der Waals surface area (Å²) in [5.41, 5.74) is 0.810. The van der Waals surface area contributed by atoms with Crippen molar-refractivity contribution in [1.82, 2.24) is 14.4 Å². The van der Waals surface area contributed by atoms with Crippen molar-refractivity contribution < 1.29 is 21.7 Å². The zero-order valence-electron chi connectivity index (χ0n) is 16.2. The molecule has 9 heteroatoms. The minimum Gasteiger partial charge on any atom is -0.339 e. The van der Waals surface area contributed by atoms with Crippen molar-refractivity contribution in [3.8, 4) is 11.4 Å². The van der Waals surface area contributed by atoms with Crippen LogP contribution < -0.4 is 0 Å². The molecule has 0 spiro atoms. The third-order valence-electron chi connectivity index (χ3n) is 5.18. The maximum Gasteiger partial charge on any atom is 0.227 e. The van der Waals surface area contributed by atoms with Crippen LogP contribution in [-0.2, 0) is 22.2 Å². The average molecular weight is 433 g/mol. The normalized spacial score (nSPS) is 17.9. The zero-order chi connectivity index (χ0) is 21.1. The van der Waals surface area contributed by atoms with Gasteiger partial charge in [-0.05, 0) is 48.6 Å². The highest BCUT2D eigenvalue weighted by atomic mass is 32.2. The Morgan fingerprint density at radius 1 is 1.10 bits per heavy atom. The molecule has 3 aromatic rings. The van der Waals surface area contributed by atoms with Gasteiger partial charge in [0.2, 0.25) is 21.7 Å². The molecule has 1 unspecified atom stereocenters. The molecule has 30 heavy (non-hydrogen) atoms. The molecule has 1 atom stereocenters. The van der Waals surface area contributed by atoms with E-state index in [0.29, 0.717) is 31.0 Å². The molecular weight excluding hydrogens is 412 g/mol. The molecule has 1 aliphatic rings. The maximum absolute atomic E-state index is 13.9. The van der Waals surface area contributed by atoms with Gasteiger partial charge in [-0.3, -0.25) is 0 Å². The number of benzene rings is 2. The van der Waals surface area contributed by atoms with Gasteiger partial charge in [-0.2, -0.15) is 4.98 Å². The van der Waals surface area contributed by atoms with Crippen molar-refractivity contribution in [2.75, 3.05) is 13.1 Å². The van der Waals surface area contributed by atoms with E-state index >= 15 is 0 Å². The van der Waals surface area contributed by atoms with Crippen LogP contribution in [0.15, 0.2) is 53.1 Å². The van der Waals surface area contributed by atoms with E-state index in [-0.39, 0.29) is 23.1 Å². The summed E-state index contributed by atoms with van der Waals surface area (Å²) in [7, 11) is -3.52. The molecule has 1 aliphatic heterocycles. The van der Waals surface area contributed by atoms with Crippen LogP contribution in [0, 0.1) is 17.6 Å². The zero-order valence-corrected chi connectivity index (χ0v) is 17.0. The van der Waals surface area contributed by atoms with Crippen molar-refractivity contribution in [2.24, 2.45) is 5.92 Å². The Morgan fingerprint density at radius 3 is 2.63 bits per heavy atom. The molecule has 0 aliphatic carbocycles. The minimum atomic E-state index is -3.52. The third-order valence-corrected chi connectivity index (χ3v) is 7.00. The monoisotopic (exact) mass is 433 g/mol. The summed E-state index contributed by atoms with van der Waals surface area (Å²) < 4.78 is 59.3. The number of hydrogen-bond acceptors (Lipinski definition) is 5. The molecule has 158 valence electrons. The van der Waals surface area contributed by atoms with Crippen LogP contribution in [0.5, 0.6) is 0 Å². The summed E-state index contributed by atoms with van der Waals surface area (Å²) in [4.78, 5) is 4.28. The van der Waals surface area contributed by atoms with E-state index in [0.717, 1.165) is 12.8 Å². The summed E-state index contributed by atoms with van der Waals surface area (Å²) in [6, 6.07) is 11.7. The van der Waals surface area contributed by atoms with Crippen molar-refractivity contribution in [3.05, 3.63) is 71.6 Å². The van der Waals surface area contributed by atoms with Crippen LogP contribution >= 0.6 is 0 Å². The van der Waals surface area contributed by atoms with Crippen molar-refractivity contribution in [2.45, 2.75) is 25.0 Å². The molecule has 2 heterocycles. The van der Waals surface area contributed by atoms with Crippen molar-refractivity contribution in [3.63, 3.8) is 0 Å². The van der Waals surface area contributed by atoms with E-state index in [1.807, 2.05) is 0 Å². The number of nitrogens with zero attached hydrogens (tertiary/aromatic N) is 3. The Balaban J connectivity index is 1.42. The fraction of sp³-hybridized carbons (Fsp3) is 0.333. The first-order valence-electron chi connectivity index (χ1n) is 9.70. The molecule has 1 aromatic heterocycles. The number of hydrogen-bond donors (Lipinski definition) is 0. The van der Waals surface area contributed by atoms with Gasteiger partial charge in [-0.15, -0.1) is 0 Å². The molecule has 1 saturated heterocycles. The summed E-state index contributed by atoms with van der Waals surface area (Å²) >= 11 is 0. The predicted molar refractivity (Wildman–Crippen MR) is 107 cm³/mol. The fourth-order valence-corrected chi connectivity index (χ4v) is 5.31. The molecule has 0 bridgehead atoms. The number of halogens is 2. The van der Waals surface area contributed by atoms with E-state index in [1.165, 1.54) is 34.6 Å². The smallest absolute Gasteiger partial charge is 0.227 e. The Morgan fingerprint density at radius 2 is 1.87 bits per heavy atom. The second-order valence-corrected chi connectivity index (χ2v) is 9.41. The van der Waals surface area contributed by atoms with Gasteiger partial charge >= 0.3 is 0 Å². The summed E-state index contributed by atoms with van der Waals surface area (Å²) in [5, 5.41) is 3.85. The molecule has 6 nitrogen and oxygen atoms in total. The highest BCUT2D eigenvalue weighted by molar-refractivity contribution is 7.88. The molecule has 0 radical (unpaired) electrons. The van der Waals surface area contributed by atoms with Crippen LogP contribution in [0.4, 0.5) is 8.78 Å². The molecule has 0 N–H and O–H groups in total. The van der Waals surface area contributed by atoms with Gasteiger partial charge in [0, 0.05) is 19.5 Å². The molecule has 2 aromatic carbocycles. The molecular formula is C21H21F2N3O3S. The van der Waals surface area contributed by atoms with E-state index in [4.69, 9.17) is 4.52 Å². The molecule has 0 saturated carbocycles. The molecule has 1 fully saturated rings. The van der Waals surface area contributed by atoms with Gasteiger partial charge in [0.05, 0.1) is 11.3 Å². The number of aromatic nitrogens is 2. The van der Waals surface area contributed by atoms with Crippen molar-refractivity contribution >= 4 is 10.0 Å². The largest absolute Gasteiger partial charge is 0.339 e. The summed E-state index contributed by atoms with van der Waals surface area (Å²) in [6.07, 6.45) is 1.98. The van der Waals surface area contributed by atoms with Gasteiger partial charge in [0.25, 0.3) is 0 Å². The number of sulfonamides is 1. The van der Waals surface area contributed by atoms with Crippen LogP contribution in [-0.4, -0.2) is 36.0 Å². The number of rotatable bonds is 6. The Hall–Kier alpha value is -2.65. The second kappa shape index (κ2) is 8.61. The minimum absolute atomic E-state index is 0.0238. The highest BCUT2D eigenvalue weighted by Crippen LogP contribution is 2.25. The fourth-order valence-electron chi connectivity index (χ4n) is 3.67. The maximum atomic E-state index is 13.9. The van der Waals surface area contributed by atoms with Crippen LogP contribution in [0.25, 0.3) is 11.4 Å². The SMILES string of the molecule is O=S(=O)(Cc1ccc(F)cc1)N1CCCC(Cc2nc(-c3ccccc3F)no2)C1. The van der Waals surface area contributed by atoms with Gasteiger partial charge in [0.1, 0.15) is 11.6 Å². The van der Waals surface area contributed by atoms with E-state index in [9.17, 15) is 17.2 Å². The number of piperidine rings is 1. The van der Waals surface area contributed by atoms with Gasteiger partial charge in [-0.25, -0.2) is 21.5 Å². The van der Waals surface area contributed by atoms with E-state index in [1.54, 1.807) is 18.2 Å². The van der Waals surface area contributed by atoms with E-state index < -0.39 is 21.7 Å². The standard InChI is InChI=1S/C21H21F2N3O3S/c22-17-9-7-15(8-10-17)14-30(27,28)26-11-3-4-16(13-26)12-20-24-21(25-29-20)18-5-1-2-6-19(18)23/h1-2,5-10,16H,3-4,11-14H2. The van der Waals surface area contributed by atoms with Gasteiger partial charge in [0.15, 0.2) is 0 Å². The highest BCUT2D eigenvalue weighted by Gasteiger charge is 2.30. The summed E-state index contributed by atoms with van der Waals surface area (Å²) in [6.45, 7) is 0.797. The van der Waals surface area contributed by atoms with Crippen LogP contribution in [0.1, 0.15) is 24.3 Å². The Labute approximate surface area is 173 Å². The Kier molecular flexibility index (Phi) is 5.92. The third kappa shape index (κ3) is 4.73. The van der Waals surface area contributed by atoms with Crippen LogP contribution in [0.3, 0.4) is 0 Å². The van der Waals surface area contributed by atoms with Gasteiger partial charge in [-0.1, -0.05) is 29.4 Å². The predicted octanol–water partition coefficient (Wildman–Crippen LogP) is 3.80. The first-order valence-corrected chi connectivity index (χ1v) is 11.3. The van der Waals surface area contributed by atoms with Crippen molar-refractivity contribution in [1.29, 1.82) is 0 Å². The first kappa shape index (κ1) is 20.6. The average Bonchev–Trinajstić information content (AvgIpc) is 3.18. The quantitative estimate of drug-likeness (QED) is 0.591. The topological polar surface area (TPSA) is 76.3 Å². The first-order chi connectivity index (χ1) is 14.4. The van der Waals surface area contributed by atoms with Crippen LogP contribution in [0.2, 0.25) is 0 Å². The van der Waals surface area contributed by atoms with Gasteiger partial charge < -0.3 is 4.52 Å². The lowest BCUT2D eigenvalue weighted by Gasteiger charge is -2.31. The lowest BCUT2D eigenvalue weighted by molar-refractivity contribution is 0.247. The van der Waals surface area contributed by atoms with E-state index in [2.05, 4.69) is 10.1 Å². The molecule has 0 amide bonds. The lowest BCUT2D eigenvalue weighted by atomic mass is 9.96. The lowest BCUT2D eigenvalue weighted by Crippen LogP contribution is -2.41.